The highest BCUT2D eigenvalue weighted by molar-refractivity contribution is 5.36. The molecule has 22 heavy (non-hydrogen) atoms. The molecular formula is C19H23FN2. The molecule has 0 saturated heterocycles. The molecule has 0 bridgehead atoms. The van der Waals surface area contributed by atoms with Crippen molar-refractivity contribution >= 4 is 0 Å². The Bertz CT molecular complexity index is 652. The maximum Gasteiger partial charge on any atom is 0.128 e. The number of hydrogen-bond acceptors (Lipinski definition) is 2. The highest BCUT2D eigenvalue weighted by atomic mass is 19.1. The zero-order chi connectivity index (χ0) is 15.7. The standard InChI is InChI=1S/C19H23FN2/c1-19(2,14-7-4-3-5-8-14)13-22-12-16-15(18(22)11-21)9-6-10-17(16)20/h3-10,18H,11-13,21H2,1-2H3. The number of nitrogens with zero attached hydrogens (tertiary/aromatic N) is 1. The van der Waals surface area contributed by atoms with Crippen LogP contribution in [-0.2, 0) is 12.0 Å². The molecule has 0 aromatic heterocycles. The lowest BCUT2D eigenvalue weighted by Gasteiger charge is -2.34. The van der Waals surface area contributed by atoms with Crippen molar-refractivity contribution in [1.29, 1.82) is 0 Å². The van der Waals surface area contributed by atoms with E-state index in [2.05, 4.69) is 43.0 Å². The summed E-state index contributed by atoms with van der Waals surface area (Å²) >= 11 is 0. The summed E-state index contributed by atoms with van der Waals surface area (Å²) in [7, 11) is 0. The quantitative estimate of drug-likeness (QED) is 0.934. The van der Waals surface area contributed by atoms with Crippen LogP contribution >= 0.6 is 0 Å². The van der Waals surface area contributed by atoms with Gasteiger partial charge in [-0.05, 0) is 17.2 Å². The molecule has 2 aromatic rings. The highest BCUT2D eigenvalue weighted by Gasteiger charge is 2.35. The summed E-state index contributed by atoms with van der Waals surface area (Å²) in [6.45, 7) is 6.47. The number of halogens is 1. The molecular weight excluding hydrogens is 275 g/mol. The van der Waals surface area contributed by atoms with Gasteiger partial charge in [0.1, 0.15) is 5.82 Å². The van der Waals surface area contributed by atoms with Gasteiger partial charge in [0.25, 0.3) is 0 Å². The molecule has 3 heteroatoms. The second-order valence-electron chi connectivity index (χ2n) is 6.71. The summed E-state index contributed by atoms with van der Waals surface area (Å²) in [6, 6.07) is 15.9. The van der Waals surface area contributed by atoms with Gasteiger partial charge in [-0.15, -0.1) is 0 Å². The van der Waals surface area contributed by atoms with Crippen molar-refractivity contribution in [3.05, 3.63) is 71.0 Å². The SMILES string of the molecule is CC(C)(CN1Cc2c(F)cccc2C1CN)c1ccccc1. The third kappa shape index (κ3) is 2.67. The molecule has 3 rings (SSSR count). The van der Waals surface area contributed by atoms with Crippen LogP contribution in [0.2, 0.25) is 0 Å². The maximum atomic E-state index is 14.1. The van der Waals surface area contributed by atoms with E-state index < -0.39 is 0 Å². The molecule has 0 spiro atoms. The molecule has 1 aliphatic heterocycles. The van der Waals surface area contributed by atoms with Gasteiger partial charge in [0.05, 0.1) is 0 Å². The van der Waals surface area contributed by atoms with Crippen molar-refractivity contribution < 1.29 is 4.39 Å². The number of rotatable bonds is 4. The molecule has 0 fully saturated rings. The zero-order valence-electron chi connectivity index (χ0n) is 13.2. The van der Waals surface area contributed by atoms with E-state index in [0.717, 1.165) is 17.7 Å². The minimum Gasteiger partial charge on any atom is -0.329 e. The van der Waals surface area contributed by atoms with Crippen molar-refractivity contribution in [3.8, 4) is 0 Å². The lowest BCUT2D eigenvalue weighted by Crippen LogP contribution is -2.38. The lowest BCUT2D eigenvalue weighted by atomic mass is 9.84. The van der Waals surface area contributed by atoms with Crippen molar-refractivity contribution in [2.45, 2.75) is 31.8 Å². The average molecular weight is 298 g/mol. The zero-order valence-corrected chi connectivity index (χ0v) is 13.2. The second-order valence-corrected chi connectivity index (χ2v) is 6.71. The monoisotopic (exact) mass is 298 g/mol. The Kier molecular flexibility index (Phi) is 4.02. The molecule has 2 nitrogen and oxygen atoms in total. The summed E-state index contributed by atoms with van der Waals surface area (Å²) in [5.41, 5.74) is 9.12. The van der Waals surface area contributed by atoms with E-state index in [1.807, 2.05) is 12.1 Å². The molecule has 2 N–H and O–H groups in total. The Labute approximate surface area is 131 Å². The maximum absolute atomic E-state index is 14.1. The van der Waals surface area contributed by atoms with E-state index in [9.17, 15) is 4.39 Å². The van der Waals surface area contributed by atoms with Crippen LogP contribution in [0.3, 0.4) is 0 Å². The van der Waals surface area contributed by atoms with Gasteiger partial charge in [-0.2, -0.15) is 0 Å². The van der Waals surface area contributed by atoms with Crippen LogP contribution in [0.1, 0.15) is 36.6 Å². The first-order valence-corrected chi connectivity index (χ1v) is 7.80. The molecule has 1 atom stereocenters. The second kappa shape index (κ2) is 5.82. The van der Waals surface area contributed by atoms with Crippen LogP contribution in [0.25, 0.3) is 0 Å². The fraction of sp³-hybridized carbons (Fsp3) is 0.368. The normalized spacial score (nSPS) is 18.5. The Morgan fingerprint density at radius 3 is 2.55 bits per heavy atom. The van der Waals surface area contributed by atoms with Gasteiger partial charge in [-0.3, -0.25) is 4.90 Å². The fourth-order valence-electron chi connectivity index (χ4n) is 3.49. The van der Waals surface area contributed by atoms with Crippen LogP contribution in [0, 0.1) is 5.82 Å². The van der Waals surface area contributed by atoms with Gasteiger partial charge in [0, 0.05) is 36.7 Å². The number of fused-ring (bicyclic) bond motifs is 1. The summed E-state index contributed by atoms with van der Waals surface area (Å²) in [6.07, 6.45) is 0. The first kappa shape index (κ1) is 15.2. The average Bonchev–Trinajstić information content (AvgIpc) is 2.86. The van der Waals surface area contributed by atoms with Crippen molar-refractivity contribution in [2.75, 3.05) is 13.1 Å². The summed E-state index contributed by atoms with van der Waals surface area (Å²) in [4.78, 5) is 2.31. The van der Waals surface area contributed by atoms with Crippen molar-refractivity contribution in [1.82, 2.24) is 4.90 Å². The van der Waals surface area contributed by atoms with Crippen LogP contribution < -0.4 is 5.73 Å². The topological polar surface area (TPSA) is 29.3 Å². The Morgan fingerprint density at radius 1 is 1.14 bits per heavy atom. The van der Waals surface area contributed by atoms with Crippen molar-refractivity contribution in [2.24, 2.45) is 5.73 Å². The van der Waals surface area contributed by atoms with Gasteiger partial charge < -0.3 is 5.73 Å². The molecule has 0 amide bonds. The summed E-state index contributed by atoms with van der Waals surface area (Å²) < 4.78 is 14.1. The molecule has 1 unspecified atom stereocenters. The molecule has 1 heterocycles. The molecule has 0 aliphatic carbocycles. The highest BCUT2D eigenvalue weighted by Crippen LogP contribution is 2.37. The van der Waals surface area contributed by atoms with Gasteiger partial charge in [-0.25, -0.2) is 4.39 Å². The van der Waals surface area contributed by atoms with Crippen LogP contribution in [0.15, 0.2) is 48.5 Å². The van der Waals surface area contributed by atoms with Crippen LogP contribution in [0.4, 0.5) is 4.39 Å². The van der Waals surface area contributed by atoms with E-state index in [0.29, 0.717) is 13.1 Å². The summed E-state index contributed by atoms with van der Waals surface area (Å²) in [5.74, 6) is -0.115. The Balaban J connectivity index is 1.86. The van der Waals surface area contributed by atoms with E-state index in [-0.39, 0.29) is 17.3 Å². The molecule has 2 aromatic carbocycles. The predicted molar refractivity (Wildman–Crippen MR) is 88.1 cm³/mol. The van der Waals surface area contributed by atoms with E-state index in [1.165, 1.54) is 11.6 Å². The third-order valence-electron chi connectivity index (χ3n) is 4.69. The number of hydrogen-bond donors (Lipinski definition) is 1. The Morgan fingerprint density at radius 2 is 1.86 bits per heavy atom. The Hall–Kier alpha value is -1.71. The van der Waals surface area contributed by atoms with Crippen LogP contribution in [-0.4, -0.2) is 18.0 Å². The number of nitrogens with two attached hydrogens (primary N) is 1. The van der Waals surface area contributed by atoms with Gasteiger partial charge in [0.15, 0.2) is 0 Å². The molecule has 1 aliphatic rings. The first-order chi connectivity index (χ1) is 10.5. The minimum absolute atomic E-state index is 0.00675. The van der Waals surface area contributed by atoms with Gasteiger partial charge in [-0.1, -0.05) is 56.3 Å². The largest absolute Gasteiger partial charge is 0.329 e. The van der Waals surface area contributed by atoms with E-state index in [1.54, 1.807) is 6.07 Å². The van der Waals surface area contributed by atoms with Crippen molar-refractivity contribution in [3.63, 3.8) is 0 Å². The fourth-order valence-corrected chi connectivity index (χ4v) is 3.49. The van der Waals surface area contributed by atoms with Crippen LogP contribution in [0.5, 0.6) is 0 Å². The first-order valence-electron chi connectivity index (χ1n) is 7.80. The lowest BCUT2D eigenvalue weighted by molar-refractivity contribution is 0.178. The van der Waals surface area contributed by atoms with E-state index >= 15 is 0 Å². The third-order valence-corrected chi connectivity index (χ3v) is 4.69. The smallest absolute Gasteiger partial charge is 0.128 e. The van der Waals surface area contributed by atoms with Gasteiger partial charge in [0.2, 0.25) is 0 Å². The predicted octanol–water partition coefficient (Wildman–Crippen LogP) is 3.62. The molecule has 0 radical (unpaired) electrons. The van der Waals surface area contributed by atoms with Gasteiger partial charge >= 0.3 is 0 Å². The minimum atomic E-state index is -0.115. The summed E-state index contributed by atoms with van der Waals surface area (Å²) in [5, 5.41) is 0. The molecule has 0 saturated carbocycles. The number of benzene rings is 2. The van der Waals surface area contributed by atoms with E-state index in [4.69, 9.17) is 5.73 Å². The molecule has 116 valence electrons.